The van der Waals surface area contributed by atoms with Crippen LogP contribution in [0.3, 0.4) is 0 Å². The van der Waals surface area contributed by atoms with Crippen molar-refractivity contribution in [3.8, 4) is 0 Å². The third kappa shape index (κ3) is 4.65. The summed E-state index contributed by atoms with van der Waals surface area (Å²) in [5.74, 6) is 1.04. The number of carbonyl (C=O) groups excluding carboxylic acids is 1. The molecule has 0 N–H and O–H groups in total. The lowest BCUT2D eigenvalue weighted by Gasteiger charge is -2.18. The number of hydrogen-bond donors (Lipinski definition) is 0. The van der Waals surface area contributed by atoms with Crippen LogP contribution >= 0.6 is 11.8 Å². The number of fused-ring (bicyclic) bond motifs is 1. The fourth-order valence-corrected chi connectivity index (χ4v) is 4.05. The van der Waals surface area contributed by atoms with E-state index in [9.17, 15) is 9.59 Å². The van der Waals surface area contributed by atoms with Crippen molar-refractivity contribution in [3.05, 3.63) is 80.7 Å². The summed E-state index contributed by atoms with van der Waals surface area (Å²) in [6.45, 7) is 6.70. The van der Waals surface area contributed by atoms with E-state index in [-0.39, 0.29) is 11.5 Å². The molecule has 0 unspecified atom stereocenters. The van der Waals surface area contributed by atoms with Crippen LogP contribution in [0.4, 0.5) is 0 Å². The normalized spacial score (nSPS) is 11.0. The highest BCUT2D eigenvalue weighted by Gasteiger charge is 2.12. The highest BCUT2D eigenvalue weighted by Crippen LogP contribution is 2.24. The molecular formula is C23H25NO3S. The highest BCUT2D eigenvalue weighted by atomic mass is 32.2. The summed E-state index contributed by atoms with van der Waals surface area (Å²) in [6.07, 6.45) is 0. The molecule has 0 atom stereocenters. The van der Waals surface area contributed by atoms with Crippen molar-refractivity contribution < 1.29 is 9.21 Å². The summed E-state index contributed by atoms with van der Waals surface area (Å²) in [5.41, 5.74) is 5.75. The number of rotatable bonds is 6. The van der Waals surface area contributed by atoms with Crippen molar-refractivity contribution in [2.45, 2.75) is 33.1 Å². The molecule has 1 aromatic heterocycles. The van der Waals surface area contributed by atoms with E-state index >= 15 is 0 Å². The van der Waals surface area contributed by atoms with Crippen LogP contribution in [0.2, 0.25) is 0 Å². The molecule has 4 nitrogen and oxygen atoms in total. The van der Waals surface area contributed by atoms with Crippen LogP contribution < -0.4 is 5.63 Å². The van der Waals surface area contributed by atoms with Gasteiger partial charge in [-0.15, -0.1) is 11.8 Å². The zero-order valence-corrected chi connectivity index (χ0v) is 17.6. The number of aryl methyl sites for hydroxylation is 3. The van der Waals surface area contributed by atoms with Crippen LogP contribution in [-0.2, 0) is 17.1 Å². The Balaban J connectivity index is 1.66. The van der Waals surface area contributed by atoms with Crippen LogP contribution in [-0.4, -0.2) is 23.6 Å². The van der Waals surface area contributed by atoms with E-state index in [1.165, 1.54) is 23.4 Å². The molecule has 0 radical (unpaired) electrons. The van der Waals surface area contributed by atoms with E-state index in [0.29, 0.717) is 23.6 Å². The minimum absolute atomic E-state index is 0.0764. The number of thioether (sulfide) groups is 1. The molecule has 0 saturated carbocycles. The average Bonchev–Trinajstić information content (AvgIpc) is 2.65. The molecule has 3 aromatic rings. The van der Waals surface area contributed by atoms with Crippen molar-refractivity contribution in [3.63, 3.8) is 0 Å². The Bertz CT molecular complexity index is 1070. The van der Waals surface area contributed by atoms with Gasteiger partial charge in [-0.05, 0) is 60.7 Å². The number of benzene rings is 2. The summed E-state index contributed by atoms with van der Waals surface area (Å²) in [4.78, 5) is 26.1. The van der Waals surface area contributed by atoms with Gasteiger partial charge in [0.15, 0.2) is 0 Å². The maximum atomic E-state index is 12.5. The summed E-state index contributed by atoms with van der Waals surface area (Å²) in [5, 5.41) is 0.941. The third-order valence-electron chi connectivity index (χ3n) is 5.02. The molecule has 2 aromatic carbocycles. The van der Waals surface area contributed by atoms with Gasteiger partial charge in [-0.25, -0.2) is 4.79 Å². The van der Waals surface area contributed by atoms with E-state index in [1.54, 1.807) is 4.90 Å². The Morgan fingerprint density at radius 1 is 1.00 bits per heavy atom. The molecule has 0 aliphatic carbocycles. The van der Waals surface area contributed by atoms with Gasteiger partial charge in [0.1, 0.15) is 5.58 Å². The van der Waals surface area contributed by atoms with Crippen molar-refractivity contribution in [2.75, 3.05) is 12.8 Å². The average molecular weight is 396 g/mol. The minimum Gasteiger partial charge on any atom is -0.423 e. The second-order valence-corrected chi connectivity index (χ2v) is 8.18. The predicted octanol–water partition coefficient (Wildman–Crippen LogP) is 4.61. The number of amides is 1. The molecule has 0 saturated heterocycles. The van der Waals surface area contributed by atoms with Gasteiger partial charge in [-0.1, -0.05) is 24.3 Å². The van der Waals surface area contributed by atoms with Gasteiger partial charge in [0.25, 0.3) is 0 Å². The Morgan fingerprint density at radius 2 is 1.71 bits per heavy atom. The molecule has 0 aliphatic heterocycles. The summed E-state index contributed by atoms with van der Waals surface area (Å²) >= 11 is 1.52. The van der Waals surface area contributed by atoms with Crippen LogP contribution in [0.1, 0.15) is 27.8 Å². The molecule has 0 spiro atoms. The fraction of sp³-hybridized carbons (Fsp3) is 0.304. The van der Waals surface area contributed by atoms with Crippen molar-refractivity contribution in [1.29, 1.82) is 0 Å². The first kappa shape index (κ1) is 20.2. The van der Waals surface area contributed by atoms with Gasteiger partial charge >= 0.3 is 5.63 Å². The van der Waals surface area contributed by atoms with E-state index in [2.05, 4.69) is 19.1 Å². The third-order valence-corrected chi connectivity index (χ3v) is 5.99. The zero-order valence-electron chi connectivity index (χ0n) is 16.7. The number of carbonyl (C=O) groups is 1. The van der Waals surface area contributed by atoms with Gasteiger partial charge in [-0.2, -0.15) is 0 Å². The molecule has 0 aliphatic rings. The monoisotopic (exact) mass is 395 g/mol. The van der Waals surface area contributed by atoms with Gasteiger partial charge in [0, 0.05) is 30.8 Å². The van der Waals surface area contributed by atoms with Crippen LogP contribution in [0, 0.1) is 20.8 Å². The van der Waals surface area contributed by atoms with Crippen LogP contribution in [0.15, 0.2) is 51.7 Å². The fourth-order valence-electron chi connectivity index (χ4n) is 3.09. The Kier molecular flexibility index (Phi) is 6.25. The SMILES string of the molecule is Cc1cc2oc(=O)cc(CSCC(=O)N(C)Cc3ccccc3C)c2cc1C. The predicted molar refractivity (Wildman–Crippen MR) is 116 cm³/mol. The van der Waals surface area contributed by atoms with Crippen molar-refractivity contribution in [1.82, 2.24) is 4.90 Å². The quantitative estimate of drug-likeness (QED) is 0.572. The van der Waals surface area contributed by atoms with E-state index in [4.69, 9.17) is 4.42 Å². The Labute approximate surface area is 169 Å². The van der Waals surface area contributed by atoms with E-state index in [0.717, 1.165) is 27.6 Å². The van der Waals surface area contributed by atoms with Crippen molar-refractivity contribution in [2.24, 2.45) is 0 Å². The van der Waals surface area contributed by atoms with Gasteiger partial charge < -0.3 is 9.32 Å². The molecule has 5 heteroatoms. The standard InChI is InChI=1S/C23H25NO3S/c1-15-7-5-6-8-18(15)12-24(4)22(25)14-28-13-19-11-23(26)27-21-10-17(3)16(2)9-20(19)21/h5-11H,12-14H2,1-4H3. The Hall–Kier alpha value is -2.53. The maximum Gasteiger partial charge on any atom is 0.336 e. The van der Waals surface area contributed by atoms with Crippen LogP contribution in [0.25, 0.3) is 11.0 Å². The first-order chi connectivity index (χ1) is 13.3. The molecule has 0 fully saturated rings. The van der Waals surface area contributed by atoms with E-state index in [1.807, 2.05) is 45.2 Å². The first-order valence-corrected chi connectivity index (χ1v) is 10.4. The lowest BCUT2D eigenvalue weighted by molar-refractivity contribution is -0.127. The minimum atomic E-state index is -0.352. The first-order valence-electron chi connectivity index (χ1n) is 9.25. The van der Waals surface area contributed by atoms with Gasteiger partial charge in [0.05, 0.1) is 5.75 Å². The van der Waals surface area contributed by atoms with Crippen molar-refractivity contribution >= 4 is 28.6 Å². The second-order valence-electron chi connectivity index (χ2n) is 7.19. The molecule has 146 valence electrons. The summed E-state index contributed by atoms with van der Waals surface area (Å²) in [7, 11) is 1.83. The molecule has 28 heavy (non-hydrogen) atoms. The van der Waals surface area contributed by atoms with E-state index < -0.39 is 0 Å². The molecule has 3 rings (SSSR count). The number of nitrogens with zero attached hydrogens (tertiary/aromatic N) is 1. The topological polar surface area (TPSA) is 50.5 Å². The van der Waals surface area contributed by atoms with Gasteiger partial charge in [-0.3, -0.25) is 4.79 Å². The largest absolute Gasteiger partial charge is 0.423 e. The Morgan fingerprint density at radius 3 is 2.46 bits per heavy atom. The summed E-state index contributed by atoms with van der Waals surface area (Å²) < 4.78 is 5.34. The smallest absolute Gasteiger partial charge is 0.336 e. The maximum absolute atomic E-state index is 12.5. The van der Waals surface area contributed by atoms with Gasteiger partial charge in [0.2, 0.25) is 5.91 Å². The lowest BCUT2D eigenvalue weighted by atomic mass is 10.0. The molecule has 1 amide bonds. The highest BCUT2D eigenvalue weighted by molar-refractivity contribution is 7.99. The second kappa shape index (κ2) is 8.65. The summed E-state index contributed by atoms with van der Waals surface area (Å²) in [6, 6.07) is 13.6. The number of hydrogen-bond acceptors (Lipinski definition) is 4. The lowest BCUT2D eigenvalue weighted by Crippen LogP contribution is -2.28. The molecule has 0 bridgehead atoms. The zero-order chi connectivity index (χ0) is 20.3. The van der Waals surface area contributed by atoms with Crippen LogP contribution in [0.5, 0.6) is 0 Å². The molecular weight excluding hydrogens is 370 g/mol. The molecule has 1 heterocycles.